The minimum atomic E-state index is -0.492. The molecule has 0 spiro atoms. The zero-order valence-electron chi connectivity index (χ0n) is 14.3. The van der Waals surface area contributed by atoms with Crippen LogP contribution in [0.25, 0.3) is 0 Å². The Bertz CT molecular complexity index is 747. The van der Waals surface area contributed by atoms with Crippen LogP contribution in [-0.4, -0.2) is 41.8 Å². The number of hydrogen-bond acceptors (Lipinski definition) is 5. The molecule has 0 saturated carbocycles. The van der Waals surface area contributed by atoms with E-state index in [4.69, 9.17) is 9.15 Å². The van der Waals surface area contributed by atoms with E-state index in [1.165, 1.54) is 30.3 Å². The third-order valence-corrected chi connectivity index (χ3v) is 3.70. The lowest BCUT2D eigenvalue weighted by Crippen LogP contribution is -2.38. The molecule has 2 rings (SSSR count). The van der Waals surface area contributed by atoms with Crippen LogP contribution < -0.4 is 10.1 Å². The van der Waals surface area contributed by atoms with Gasteiger partial charge >= 0.3 is 0 Å². The molecule has 0 aliphatic heterocycles. The van der Waals surface area contributed by atoms with E-state index in [9.17, 15) is 14.0 Å². The van der Waals surface area contributed by atoms with Crippen LogP contribution in [-0.2, 0) is 11.4 Å². The molecule has 0 bridgehead atoms. The molecule has 1 atom stereocenters. The van der Waals surface area contributed by atoms with E-state index in [1.54, 1.807) is 26.1 Å². The zero-order chi connectivity index (χ0) is 18.4. The second-order valence-electron chi connectivity index (χ2n) is 5.49. The summed E-state index contributed by atoms with van der Waals surface area (Å²) in [4.78, 5) is 29.2. The number of para-hydroxylation sites is 1. The Labute approximate surface area is 144 Å². The number of benzene rings is 1. The Morgan fingerprint density at radius 2 is 2.12 bits per heavy atom. The molecule has 1 N–H and O–H groups in total. The zero-order valence-corrected chi connectivity index (χ0v) is 14.3. The molecule has 0 aliphatic rings. The molecule has 7 nitrogen and oxygen atoms in total. The van der Waals surface area contributed by atoms with Crippen LogP contribution in [0.3, 0.4) is 0 Å². The van der Waals surface area contributed by atoms with Gasteiger partial charge in [0.2, 0.25) is 11.8 Å². The second-order valence-corrected chi connectivity index (χ2v) is 5.49. The summed E-state index contributed by atoms with van der Waals surface area (Å²) >= 11 is 0. The number of halogens is 1. The standard InChI is InChI=1S/C17H20FN3O4/c1-11(8-15(22)19-2)21(3)17(23)13-9-25-16(20-13)10-24-14-7-5-4-6-12(14)18/h4-7,9,11H,8,10H2,1-3H3,(H,19,22)/t11-/m1/s1. The lowest BCUT2D eigenvalue weighted by Gasteiger charge is -2.23. The SMILES string of the molecule is CNC(=O)C[C@@H](C)N(C)C(=O)c1coc(COc2ccccc2F)n1. The molecule has 2 aromatic rings. The maximum Gasteiger partial charge on any atom is 0.275 e. The number of aromatic nitrogens is 1. The minimum absolute atomic E-state index is 0.0740. The monoisotopic (exact) mass is 349 g/mol. The van der Waals surface area contributed by atoms with Crippen LogP contribution in [0.15, 0.2) is 34.9 Å². The van der Waals surface area contributed by atoms with Gasteiger partial charge in [0.15, 0.2) is 23.9 Å². The van der Waals surface area contributed by atoms with Gasteiger partial charge in [-0.05, 0) is 19.1 Å². The Morgan fingerprint density at radius 3 is 2.80 bits per heavy atom. The quantitative estimate of drug-likeness (QED) is 0.826. The van der Waals surface area contributed by atoms with Crippen LogP contribution in [0.1, 0.15) is 29.7 Å². The van der Waals surface area contributed by atoms with Crippen LogP contribution in [0.4, 0.5) is 4.39 Å². The first-order valence-corrected chi connectivity index (χ1v) is 7.71. The minimum Gasteiger partial charge on any atom is -0.481 e. The Balaban J connectivity index is 1.96. The third kappa shape index (κ3) is 4.79. The highest BCUT2D eigenvalue weighted by Crippen LogP contribution is 2.17. The predicted octanol–water partition coefficient (Wildman–Crippen LogP) is 1.99. The van der Waals surface area contributed by atoms with Crippen molar-refractivity contribution in [3.05, 3.63) is 47.9 Å². The fourth-order valence-corrected chi connectivity index (χ4v) is 2.06. The van der Waals surface area contributed by atoms with Gasteiger partial charge < -0.3 is 19.4 Å². The molecule has 1 aromatic carbocycles. The first-order chi connectivity index (χ1) is 11.9. The van der Waals surface area contributed by atoms with Gasteiger partial charge in [0.05, 0.1) is 0 Å². The van der Waals surface area contributed by atoms with Crippen LogP contribution in [0.5, 0.6) is 5.75 Å². The van der Waals surface area contributed by atoms with Crippen LogP contribution in [0, 0.1) is 5.82 Å². The normalized spacial score (nSPS) is 11.7. The summed E-state index contributed by atoms with van der Waals surface area (Å²) in [6, 6.07) is 5.66. The van der Waals surface area contributed by atoms with Crippen molar-refractivity contribution in [3.63, 3.8) is 0 Å². The van der Waals surface area contributed by atoms with E-state index in [1.807, 2.05) is 0 Å². The number of ether oxygens (including phenoxy) is 1. The van der Waals surface area contributed by atoms with Crippen molar-refractivity contribution in [3.8, 4) is 5.75 Å². The van der Waals surface area contributed by atoms with E-state index >= 15 is 0 Å². The molecule has 0 saturated heterocycles. The van der Waals surface area contributed by atoms with Crippen molar-refractivity contribution >= 4 is 11.8 Å². The lowest BCUT2D eigenvalue weighted by atomic mass is 10.2. The predicted molar refractivity (Wildman–Crippen MR) is 87.5 cm³/mol. The highest BCUT2D eigenvalue weighted by Gasteiger charge is 2.22. The molecule has 2 amide bonds. The number of carbonyl (C=O) groups excluding carboxylic acids is 2. The Morgan fingerprint density at radius 1 is 1.40 bits per heavy atom. The van der Waals surface area contributed by atoms with Crippen molar-refractivity contribution in [2.24, 2.45) is 0 Å². The van der Waals surface area contributed by atoms with Crippen molar-refractivity contribution in [1.29, 1.82) is 0 Å². The third-order valence-electron chi connectivity index (χ3n) is 3.70. The number of rotatable bonds is 7. The van der Waals surface area contributed by atoms with Gasteiger partial charge in [-0.3, -0.25) is 9.59 Å². The van der Waals surface area contributed by atoms with Gasteiger partial charge in [-0.1, -0.05) is 12.1 Å². The molecule has 25 heavy (non-hydrogen) atoms. The highest BCUT2D eigenvalue weighted by molar-refractivity contribution is 5.92. The second kappa shape index (κ2) is 8.27. The molecule has 0 unspecified atom stereocenters. The van der Waals surface area contributed by atoms with Gasteiger partial charge in [-0.15, -0.1) is 0 Å². The van der Waals surface area contributed by atoms with Crippen molar-refractivity contribution in [2.45, 2.75) is 26.0 Å². The summed E-state index contributed by atoms with van der Waals surface area (Å²) in [5.74, 6) is -0.805. The maximum atomic E-state index is 13.5. The number of hydrogen-bond donors (Lipinski definition) is 1. The summed E-state index contributed by atoms with van der Waals surface area (Å²) in [6.45, 7) is 1.65. The first kappa shape index (κ1) is 18.4. The van der Waals surface area contributed by atoms with Crippen LogP contribution in [0.2, 0.25) is 0 Å². The van der Waals surface area contributed by atoms with Gasteiger partial charge in [0.25, 0.3) is 5.91 Å². The number of nitrogens with zero attached hydrogens (tertiary/aromatic N) is 2. The molecule has 0 aliphatic carbocycles. The van der Waals surface area contributed by atoms with Crippen molar-refractivity contribution < 1.29 is 23.1 Å². The van der Waals surface area contributed by atoms with Gasteiger partial charge in [0.1, 0.15) is 6.26 Å². The first-order valence-electron chi connectivity index (χ1n) is 7.71. The molecular formula is C17H20FN3O4. The fraction of sp³-hybridized carbons (Fsp3) is 0.353. The summed E-state index contributed by atoms with van der Waals surface area (Å²) in [7, 11) is 3.12. The van der Waals surface area contributed by atoms with E-state index in [0.29, 0.717) is 0 Å². The summed E-state index contributed by atoms with van der Waals surface area (Å²) in [5.41, 5.74) is 0.0957. The molecule has 1 aromatic heterocycles. The van der Waals surface area contributed by atoms with E-state index in [0.717, 1.165) is 0 Å². The van der Waals surface area contributed by atoms with Gasteiger partial charge in [0, 0.05) is 26.6 Å². The van der Waals surface area contributed by atoms with Gasteiger partial charge in [-0.2, -0.15) is 0 Å². The van der Waals surface area contributed by atoms with Gasteiger partial charge in [-0.25, -0.2) is 9.37 Å². The summed E-state index contributed by atoms with van der Waals surface area (Å²) in [6.07, 6.45) is 1.39. The molecule has 8 heteroatoms. The number of oxazole rings is 1. The summed E-state index contributed by atoms with van der Waals surface area (Å²) < 4.78 is 24.0. The van der Waals surface area contributed by atoms with E-state index in [-0.39, 0.29) is 48.2 Å². The molecule has 0 fully saturated rings. The van der Waals surface area contributed by atoms with E-state index < -0.39 is 5.82 Å². The fourth-order valence-electron chi connectivity index (χ4n) is 2.06. The number of carbonyl (C=O) groups is 2. The summed E-state index contributed by atoms with van der Waals surface area (Å²) in [5, 5.41) is 2.51. The lowest BCUT2D eigenvalue weighted by molar-refractivity contribution is -0.121. The Kier molecular flexibility index (Phi) is 6.10. The number of amides is 2. The van der Waals surface area contributed by atoms with Crippen molar-refractivity contribution in [2.75, 3.05) is 14.1 Å². The topological polar surface area (TPSA) is 84.7 Å². The molecule has 134 valence electrons. The molecule has 1 heterocycles. The van der Waals surface area contributed by atoms with Crippen LogP contribution >= 0.6 is 0 Å². The highest BCUT2D eigenvalue weighted by atomic mass is 19.1. The van der Waals surface area contributed by atoms with Crippen molar-refractivity contribution in [1.82, 2.24) is 15.2 Å². The maximum absolute atomic E-state index is 13.5. The average molecular weight is 349 g/mol. The van der Waals surface area contributed by atoms with E-state index in [2.05, 4.69) is 10.3 Å². The molecule has 0 radical (unpaired) electrons. The Hall–Kier alpha value is -2.90. The smallest absolute Gasteiger partial charge is 0.275 e. The largest absolute Gasteiger partial charge is 0.481 e. The average Bonchev–Trinajstić information content (AvgIpc) is 3.08. The number of nitrogens with one attached hydrogen (secondary N) is 1. The molecular weight excluding hydrogens is 329 g/mol.